The molecule has 0 radical (unpaired) electrons. The van der Waals surface area contributed by atoms with Crippen LogP contribution in [0.5, 0.6) is 0 Å². The summed E-state index contributed by atoms with van der Waals surface area (Å²) in [5, 5.41) is 3.78. The van der Waals surface area contributed by atoms with E-state index in [4.69, 9.17) is 23.2 Å². The Labute approximate surface area is 156 Å². The fourth-order valence-corrected chi connectivity index (χ4v) is 3.37. The highest BCUT2D eigenvalue weighted by molar-refractivity contribution is 6.35. The average Bonchev–Trinajstić information content (AvgIpc) is 2.55. The fraction of sp³-hybridized carbons (Fsp3) is 0.278. The summed E-state index contributed by atoms with van der Waals surface area (Å²) in [6, 6.07) is 11.4. The maximum atomic E-state index is 13.0. The number of benzene rings is 2. The van der Waals surface area contributed by atoms with E-state index < -0.39 is 0 Å². The summed E-state index contributed by atoms with van der Waals surface area (Å²) in [6.45, 7) is 3.42. The second-order valence-electron chi connectivity index (χ2n) is 5.95. The van der Waals surface area contributed by atoms with Gasteiger partial charge in [-0.2, -0.15) is 0 Å². The lowest BCUT2D eigenvalue weighted by molar-refractivity contribution is -0.117. The summed E-state index contributed by atoms with van der Waals surface area (Å²) < 4.78 is 13.0. The van der Waals surface area contributed by atoms with Gasteiger partial charge in [-0.25, -0.2) is 4.39 Å². The molecule has 1 aliphatic heterocycles. The van der Waals surface area contributed by atoms with E-state index in [1.807, 2.05) is 0 Å². The zero-order valence-electron chi connectivity index (χ0n) is 13.5. The van der Waals surface area contributed by atoms with Crippen LogP contribution >= 0.6 is 23.2 Å². The van der Waals surface area contributed by atoms with Crippen molar-refractivity contribution in [3.63, 3.8) is 0 Å². The number of nitrogens with one attached hydrogen (secondary N) is 1. The Morgan fingerprint density at radius 2 is 1.60 bits per heavy atom. The highest BCUT2D eigenvalue weighted by Crippen LogP contribution is 2.22. The summed E-state index contributed by atoms with van der Waals surface area (Å²) in [5.74, 6) is -0.339. The number of hydrogen-bond donors (Lipinski definition) is 1. The molecule has 3 rings (SSSR count). The number of nitrogens with zero attached hydrogens (tertiary/aromatic N) is 2. The van der Waals surface area contributed by atoms with Gasteiger partial charge in [0, 0.05) is 47.6 Å². The van der Waals surface area contributed by atoms with Gasteiger partial charge in [-0.1, -0.05) is 23.2 Å². The molecule has 1 aliphatic rings. The second kappa shape index (κ2) is 8.04. The van der Waals surface area contributed by atoms with E-state index in [9.17, 15) is 9.18 Å². The number of halogens is 3. The molecular weight excluding hydrogens is 364 g/mol. The smallest absolute Gasteiger partial charge is 0.238 e. The van der Waals surface area contributed by atoms with Crippen LogP contribution in [0, 0.1) is 5.82 Å². The predicted octanol–water partition coefficient (Wildman–Crippen LogP) is 3.89. The van der Waals surface area contributed by atoms with Crippen molar-refractivity contribution in [1.82, 2.24) is 4.90 Å². The zero-order chi connectivity index (χ0) is 17.8. The molecular formula is C18H18Cl2FN3O. The van der Waals surface area contributed by atoms with E-state index in [0.29, 0.717) is 22.3 Å². The first kappa shape index (κ1) is 18.0. The van der Waals surface area contributed by atoms with Crippen LogP contribution in [0.1, 0.15) is 0 Å². The van der Waals surface area contributed by atoms with Crippen molar-refractivity contribution in [2.75, 3.05) is 42.9 Å². The lowest BCUT2D eigenvalue weighted by Gasteiger charge is -2.35. The van der Waals surface area contributed by atoms with E-state index in [-0.39, 0.29) is 11.7 Å². The first-order valence-electron chi connectivity index (χ1n) is 7.98. The molecule has 0 aliphatic carbocycles. The fourth-order valence-electron chi connectivity index (χ4n) is 2.85. The van der Waals surface area contributed by atoms with Crippen molar-refractivity contribution in [3.05, 3.63) is 58.3 Å². The van der Waals surface area contributed by atoms with E-state index >= 15 is 0 Å². The van der Waals surface area contributed by atoms with Crippen molar-refractivity contribution in [2.24, 2.45) is 0 Å². The Balaban J connectivity index is 1.50. The molecule has 1 fully saturated rings. The minimum Gasteiger partial charge on any atom is -0.369 e. The Morgan fingerprint density at radius 1 is 1.00 bits per heavy atom. The van der Waals surface area contributed by atoms with Gasteiger partial charge in [-0.3, -0.25) is 9.69 Å². The number of hydrogen-bond acceptors (Lipinski definition) is 3. The van der Waals surface area contributed by atoms with Crippen molar-refractivity contribution in [2.45, 2.75) is 0 Å². The SMILES string of the molecule is O=C(CN1CCN(c2ccc(F)cc2)CC1)Nc1cc(Cl)cc(Cl)c1. The quantitative estimate of drug-likeness (QED) is 0.872. The van der Waals surface area contributed by atoms with E-state index in [2.05, 4.69) is 15.1 Å². The van der Waals surface area contributed by atoms with Gasteiger partial charge in [0.05, 0.1) is 6.54 Å². The van der Waals surface area contributed by atoms with Crippen LogP contribution in [0.2, 0.25) is 10.0 Å². The number of carbonyl (C=O) groups excluding carboxylic acids is 1. The van der Waals surface area contributed by atoms with Crippen molar-refractivity contribution in [1.29, 1.82) is 0 Å². The third-order valence-electron chi connectivity index (χ3n) is 4.08. The van der Waals surface area contributed by atoms with Crippen LogP contribution in [0.3, 0.4) is 0 Å². The number of anilines is 2. The molecule has 1 heterocycles. The molecule has 0 atom stereocenters. The Kier molecular flexibility index (Phi) is 5.78. The van der Waals surface area contributed by atoms with Gasteiger partial charge in [0.1, 0.15) is 5.82 Å². The van der Waals surface area contributed by atoms with Gasteiger partial charge in [0.2, 0.25) is 5.91 Å². The van der Waals surface area contributed by atoms with Gasteiger partial charge in [-0.05, 0) is 42.5 Å². The number of rotatable bonds is 4. The maximum absolute atomic E-state index is 13.0. The van der Waals surface area contributed by atoms with E-state index in [0.717, 1.165) is 31.9 Å². The van der Waals surface area contributed by atoms with Crippen LogP contribution in [0.15, 0.2) is 42.5 Å². The third-order valence-corrected chi connectivity index (χ3v) is 4.51. The number of carbonyl (C=O) groups is 1. The van der Waals surface area contributed by atoms with Gasteiger partial charge in [-0.15, -0.1) is 0 Å². The van der Waals surface area contributed by atoms with E-state index in [1.54, 1.807) is 30.3 Å². The summed E-state index contributed by atoms with van der Waals surface area (Å²) in [6.07, 6.45) is 0. The summed E-state index contributed by atoms with van der Waals surface area (Å²) in [7, 11) is 0. The van der Waals surface area contributed by atoms with Gasteiger partial charge in [0.15, 0.2) is 0 Å². The summed E-state index contributed by atoms with van der Waals surface area (Å²) >= 11 is 11.9. The van der Waals surface area contributed by atoms with Crippen molar-refractivity contribution < 1.29 is 9.18 Å². The van der Waals surface area contributed by atoms with Crippen LogP contribution in [-0.2, 0) is 4.79 Å². The standard InChI is InChI=1S/C18H18Cl2FN3O/c19-13-9-14(20)11-16(10-13)22-18(25)12-23-5-7-24(8-6-23)17-3-1-15(21)2-4-17/h1-4,9-11H,5-8,12H2,(H,22,25). The minimum absolute atomic E-state index is 0.103. The highest BCUT2D eigenvalue weighted by atomic mass is 35.5. The largest absolute Gasteiger partial charge is 0.369 e. The van der Waals surface area contributed by atoms with E-state index in [1.165, 1.54) is 12.1 Å². The van der Waals surface area contributed by atoms with Crippen LogP contribution in [0.4, 0.5) is 15.8 Å². The highest BCUT2D eigenvalue weighted by Gasteiger charge is 2.19. The Morgan fingerprint density at radius 3 is 2.20 bits per heavy atom. The molecule has 1 saturated heterocycles. The lowest BCUT2D eigenvalue weighted by atomic mass is 10.2. The van der Waals surface area contributed by atoms with Crippen LogP contribution < -0.4 is 10.2 Å². The lowest BCUT2D eigenvalue weighted by Crippen LogP contribution is -2.48. The summed E-state index contributed by atoms with van der Waals surface area (Å²) in [4.78, 5) is 16.5. The molecule has 1 N–H and O–H groups in total. The molecule has 0 bridgehead atoms. The molecule has 132 valence electrons. The molecule has 0 spiro atoms. The second-order valence-corrected chi connectivity index (χ2v) is 6.82. The van der Waals surface area contributed by atoms with Gasteiger partial charge < -0.3 is 10.2 Å². The first-order chi connectivity index (χ1) is 12.0. The minimum atomic E-state index is -0.236. The topological polar surface area (TPSA) is 35.6 Å². The van der Waals surface area contributed by atoms with Gasteiger partial charge >= 0.3 is 0 Å². The van der Waals surface area contributed by atoms with Crippen molar-refractivity contribution in [3.8, 4) is 0 Å². The number of piperazine rings is 1. The van der Waals surface area contributed by atoms with Gasteiger partial charge in [0.25, 0.3) is 0 Å². The summed E-state index contributed by atoms with van der Waals surface area (Å²) in [5.41, 5.74) is 1.59. The zero-order valence-corrected chi connectivity index (χ0v) is 15.0. The molecule has 2 aromatic carbocycles. The molecule has 0 aromatic heterocycles. The van der Waals surface area contributed by atoms with Crippen LogP contribution in [0.25, 0.3) is 0 Å². The number of amides is 1. The molecule has 25 heavy (non-hydrogen) atoms. The Hall–Kier alpha value is -1.82. The molecule has 4 nitrogen and oxygen atoms in total. The maximum Gasteiger partial charge on any atom is 0.238 e. The first-order valence-corrected chi connectivity index (χ1v) is 8.74. The van der Waals surface area contributed by atoms with Crippen molar-refractivity contribution >= 4 is 40.5 Å². The molecule has 0 unspecified atom stereocenters. The average molecular weight is 382 g/mol. The molecule has 2 aromatic rings. The third kappa shape index (κ3) is 5.08. The van der Waals surface area contributed by atoms with Crippen LogP contribution in [-0.4, -0.2) is 43.5 Å². The predicted molar refractivity (Wildman–Crippen MR) is 100 cm³/mol. The molecule has 1 amide bonds. The molecule has 7 heteroatoms. The molecule has 0 saturated carbocycles. The Bertz CT molecular complexity index is 726. The monoisotopic (exact) mass is 381 g/mol. The normalized spacial score (nSPS) is 15.2.